The molecule has 0 aliphatic heterocycles. The van der Waals surface area contributed by atoms with E-state index in [1.54, 1.807) is 13.3 Å². The second-order valence-electron chi connectivity index (χ2n) is 4.48. The zero-order chi connectivity index (χ0) is 13.9. The van der Waals surface area contributed by atoms with E-state index in [2.05, 4.69) is 21.6 Å². The van der Waals surface area contributed by atoms with Crippen LogP contribution in [0.1, 0.15) is 5.56 Å². The number of methoxy groups -OCH3 is 1. The van der Waals surface area contributed by atoms with Crippen molar-refractivity contribution in [1.82, 2.24) is 10.2 Å². The molecule has 2 aromatic carbocycles. The zero-order valence-electron chi connectivity index (χ0n) is 11.0. The second-order valence-corrected chi connectivity index (χ2v) is 4.92. The molecule has 1 aromatic heterocycles. The molecule has 1 heterocycles. The highest BCUT2D eigenvalue weighted by molar-refractivity contribution is 6.30. The fraction of sp³-hybridized carbons (Fsp3) is 0.133. The van der Waals surface area contributed by atoms with Gasteiger partial charge in [-0.2, -0.15) is 5.10 Å². The summed E-state index contributed by atoms with van der Waals surface area (Å²) in [5.41, 5.74) is 3.07. The van der Waals surface area contributed by atoms with Crippen molar-refractivity contribution >= 4 is 28.2 Å². The molecule has 0 saturated carbocycles. The molecule has 0 aliphatic rings. The third kappa shape index (κ3) is 2.56. The first-order chi connectivity index (χ1) is 9.76. The standard InChI is InChI=1S/C15H14ClN3O/c1-20-15-5-2-12(16)6-11(15)8-17-13-3-4-14-10(7-13)9-18-19-14/h2-7,9,17H,8H2,1H3,(H,18,19). The van der Waals surface area contributed by atoms with Crippen LogP contribution >= 0.6 is 11.6 Å². The van der Waals surface area contributed by atoms with Gasteiger partial charge in [-0.15, -0.1) is 0 Å². The minimum Gasteiger partial charge on any atom is -0.496 e. The molecule has 2 N–H and O–H groups in total. The Morgan fingerprint density at radius 1 is 1.25 bits per heavy atom. The van der Waals surface area contributed by atoms with Crippen LogP contribution in [0, 0.1) is 0 Å². The second kappa shape index (κ2) is 5.43. The quantitative estimate of drug-likeness (QED) is 0.766. The van der Waals surface area contributed by atoms with Crippen LogP contribution in [0.15, 0.2) is 42.6 Å². The third-order valence-corrected chi connectivity index (χ3v) is 3.40. The van der Waals surface area contributed by atoms with Crippen molar-refractivity contribution in [3.8, 4) is 5.75 Å². The van der Waals surface area contributed by atoms with Crippen LogP contribution in [-0.4, -0.2) is 17.3 Å². The minimum atomic E-state index is 0.646. The number of halogens is 1. The summed E-state index contributed by atoms with van der Waals surface area (Å²) in [5, 5.41) is 12.1. The highest BCUT2D eigenvalue weighted by Crippen LogP contribution is 2.24. The van der Waals surface area contributed by atoms with Crippen molar-refractivity contribution in [2.75, 3.05) is 12.4 Å². The minimum absolute atomic E-state index is 0.646. The van der Waals surface area contributed by atoms with Crippen LogP contribution in [0.5, 0.6) is 5.75 Å². The van der Waals surface area contributed by atoms with Gasteiger partial charge < -0.3 is 10.1 Å². The van der Waals surface area contributed by atoms with Gasteiger partial charge in [0, 0.05) is 28.2 Å². The lowest BCUT2D eigenvalue weighted by molar-refractivity contribution is 0.410. The van der Waals surface area contributed by atoms with E-state index < -0.39 is 0 Å². The van der Waals surface area contributed by atoms with Crippen LogP contribution in [0.25, 0.3) is 10.9 Å². The normalized spacial score (nSPS) is 10.7. The van der Waals surface area contributed by atoms with Crippen molar-refractivity contribution in [2.24, 2.45) is 0 Å². The molecule has 0 bridgehead atoms. The molecule has 4 nitrogen and oxygen atoms in total. The number of H-pyrrole nitrogens is 1. The van der Waals surface area contributed by atoms with Crippen molar-refractivity contribution in [1.29, 1.82) is 0 Å². The Kier molecular flexibility index (Phi) is 3.48. The Balaban J connectivity index is 1.80. The molecule has 20 heavy (non-hydrogen) atoms. The number of aromatic amines is 1. The van der Waals surface area contributed by atoms with E-state index in [-0.39, 0.29) is 0 Å². The lowest BCUT2D eigenvalue weighted by Crippen LogP contribution is -2.01. The Morgan fingerprint density at radius 3 is 3.00 bits per heavy atom. The first kappa shape index (κ1) is 12.8. The first-order valence-electron chi connectivity index (χ1n) is 6.26. The molecule has 102 valence electrons. The lowest BCUT2D eigenvalue weighted by atomic mass is 10.2. The van der Waals surface area contributed by atoms with Gasteiger partial charge >= 0.3 is 0 Å². The van der Waals surface area contributed by atoms with Crippen molar-refractivity contribution in [3.05, 3.63) is 53.2 Å². The topological polar surface area (TPSA) is 49.9 Å². The predicted molar refractivity (Wildman–Crippen MR) is 81.4 cm³/mol. The van der Waals surface area contributed by atoms with Gasteiger partial charge in [0.1, 0.15) is 5.75 Å². The molecule has 0 amide bonds. The maximum absolute atomic E-state index is 6.02. The number of hydrogen-bond donors (Lipinski definition) is 2. The summed E-state index contributed by atoms with van der Waals surface area (Å²) in [7, 11) is 1.66. The number of ether oxygens (including phenoxy) is 1. The van der Waals surface area contributed by atoms with Crippen molar-refractivity contribution in [2.45, 2.75) is 6.54 Å². The van der Waals surface area contributed by atoms with Crippen molar-refractivity contribution in [3.63, 3.8) is 0 Å². The summed E-state index contributed by atoms with van der Waals surface area (Å²) in [6, 6.07) is 11.7. The highest BCUT2D eigenvalue weighted by Gasteiger charge is 2.04. The molecular weight excluding hydrogens is 274 g/mol. The van der Waals surface area contributed by atoms with Gasteiger partial charge in [0.25, 0.3) is 0 Å². The number of aromatic nitrogens is 2. The Morgan fingerprint density at radius 2 is 2.15 bits per heavy atom. The molecule has 0 saturated heterocycles. The number of benzene rings is 2. The van der Waals surface area contributed by atoms with Crippen molar-refractivity contribution < 1.29 is 4.74 Å². The van der Waals surface area contributed by atoms with E-state index in [1.165, 1.54) is 0 Å². The van der Waals surface area contributed by atoms with Gasteiger partial charge in [0.15, 0.2) is 0 Å². The third-order valence-electron chi connectivity index (χ3n) is 3.17. The zero-order valence-corrected chi connectivity index (χ0v) is 11.7. The van der Waals surface area contributed by atoms with Crippen LogP contribution in [0.4, 0.5) is 5.69 Å². The van der Waals surface area contributed by atoms with E-state index in [0.717, 1.165) is 27.9 Å². The molecule has 0 atom stereocenters. The van der Waals surface area contributed by atoms with E-state index in [4.69, 9.17) is 16.3 Å². The molecule has 0 radical (unpaired) electrons. The number of anilines is 1. The summed E-state index contributed by atoms with van der Waals surface area (Å²) in [6.07, 6.45) is 1.81. The summed E-state index contributed by atoms with van der Waals surface area (Å²) in [4.78, 5) is 0. The molecule has 3 rings (SSSR count). The van der Waals surface area contributed by atoms with E-state index >= 15 is 0 Å². The Hall–Kier alpha value is -2.20. The van der Waals surface area contributed by atoms with E-state index in [9.17, 15) is 0 Å². The summed E-state index contributed by atoms with van der Waals surface area (Å²) in [6.45, 7) is 0.646. The van der Waals surface area contributed by atoms with Gasteiger partial charge in [0.05, 0.1) is 18.8 Å². The Labute approximate surface area is 121 Å². The molecular formula is C15H14ClN3O. The predicted octanol–water partition coefficient (Wildman–Crippen LogP) is 3.84. The molecule has 0 unspecified atom stereocenters. The van der Waals surface area contributed by atoms with Gasteiger partial charge in [-0.05, 0) is 36.4 Å². The largest absolute Gasteiger partial charge is 0.496 e. The van der Waals surface area contributed by atoms with Crippen LogP contribution in [0.3, 0.4) is 0 Å². The average Bonchev–Trinajstić information content (AvgIpc) is 2.92. The lowest BCUT2D eigenvalue weighted by Gasteiger charge is -2.11. The SMILES string of the molecule is COc1ccc(Cl)cc1CNc1ccc2[nH]ncc2c1. The molecule has 3 aromatic rings. The Bertz CT molecular complexity index is 739. The van der Waals surface area contributed by atoms with Gasteiger partial charge in [-0.25, -0.2) is 0 Å². The van der Waals surface area contributed by atoms with Gasteiger partial charge in [-0.3, -0.25) is 5.10 Å². The number of nitrogens with zero attached hydrogens (tertiary/aromatic N) is 1. The molecule has 0 aliphatic carbocycles. The molecule has 5 heteroatoms. The summed E-state index contributed by atoms with van der Waals surface area (Å²) < 4.78 is 5.33. The molecule has 0 fully saturated rings. The fourth-order valence-electron chi connectivity index (χ4n) is 2.14. The maximum Gasteiger partial charge on any atom is 0.123 e. The van der Waals surface area contributed by atoms with Crippen LogP contribution in [-0.2, 0) is 6.54 Å². The highest BCUT2D eigenvalue weighted by atomic mass is 35.5. The number of fused-ring (bicyclic) bond motifs is 1. The smallest absolute Gasteiger partial charge is 0.123 e. The number of rotatable bonds is 4. The first-order valence-corrected chi connectivity index (χ1v) is 6.63. The average molecular weight is 288 g/mol. The van der Waals surface area contributed by atoms with E-state index in [0.29, 0.717) is 11.6 Å². The fourth-order valence-corrected chi connectivity index (χ4v) is 2.33. The number of nitrogens with one attached hydrogen (secondary N) is 2. The monoisotopic (exact) mass is 287 g/mol. The maximum atomic E-state index is 6.02. The van der Waals surface area contributed by atoms with Gasteiger partial charge in [-0.1, -0.05) is 11.6 Å². The number of hydrogen-bond acceptors (Lipinski definition) is 3. The molecule has 0 spiro atoms. The summed E-state index contributed by atoms with van der Waals surface area (Å²) in [5.74, 6) is 0.825. The van der Waals surface area contributed by atoms with Gasteiger partial charge in [0.2, 0.25) is 0 Å². The van der Waals surface area contributed by atoms with Crippen LogP contribution in [0.2, 0.25) is 5.02 Å². The van der Waals surface area contributed by atoms with Crippen LogP contribution < -0.4 is 10.1 Å². The van der Waals surface area contributed by atoms with E-state index in [1.807, 2.05) is 30.3 Å². The summed E-state index contributed by atoms with van der Waals surface area (Å²) >= 11 is 6.02.